The number of unbranched alkanes of at least 4 members (excludes halogenated alkanes) is 4. The molecule has 2 atom stereocenters. The number of aliphatic hydroxyl groups excluding tert-OH is 2. The van der Waals surface area contributed by atoms with Crippen molar-refractivity contribution >= 4 is 0 Å². The van der Waals surface area contributed by atoms with Gasteiger partial charge in [-0.2, -0.15) is 0 Å². The second kappa shape index (κ2) is 20.1. The Morgan fingerprint density at radius 2 is 0.960 bits per heavy atom. The van der Waals surface area contributed by atoms with Crippen LogP contribution in [0.4, 0.5) is 0 Å². The highest BCUT2D eigenvalue weighted by molar-refractivity contribution is 4.56. The van der Waals surface area contributed by atoms with Crippen LogP contribution in [0.5, 0.6) is 0 Å². The van der Waals surface area contributed by atoms with E-state index in [0.717, 1.165) is 90.6 Å². The van der Waals surface area contributed by atoms with Crippen LogP contribution in [0.1, 0.15) is 78.1 Å². The highest BCUT2D eigenvalue weighted by atomic mass is 16.5. The summed E-state index contributed by atoms with van der Waals surface area (Å²) in [5.41, 5.74) is 0. The SMILES string of the molecule is CCCCOCC(O)CCCCOCCCCC(O)COCCCC. The molecular formula is C20H42O5. The standard InChI is InChI=1S/C20H42O5/c1-3-5-13-24-17-19(21)11-7-9-15-23-16-10-8-12-20(22)18-25-14-6-4-2/h19-22H,3-18H2,1-2H3. The largest absolute Gasteiger partial charge is 0.391 e. The van der Waals surface area contributed by atoms with Crippen LogP contribution < -0.4 is 0 Å². The van der Waals surface area contributed by atoms with Crippen LogP contribution in [0, 0.1) is 0 Å². The molecule has 0 saturated carbocycles. The van der Waals surface area contributed by atoms with Gasteiger partial charge < -0.3 is 24.4 Å². The van der Waals surface area contributed by atoms with Crippen LogP contribution in [0.2, 0.25) is 0 Å². The summed E-state index contributed by atoms with van der Waals surface area (Å²) in [7, 11) is 0. The minimum absolute atomic E-state index is 0.349. The lowest BCUT2D eigenvalue weighted by Gasteiger charge is -2.12. The summed E-state index contributed by atoms with van der Waals surface area (Å²) in [5, 5.41) is 19.5. The summed E-state index contributed by atoms with van der Waals surface area (Å²) in [5.74, 6) is 0. The Bertz CT molecular complexity index is 226. The maximum absolute atomic E-state index is 9.76. The summed E-state index contributed by atoms with van der Waals surface area (Å²) >= 11 is 0. The quantitative estimate of drug-likeness (QED) is 0.323. The van der Waals surface area contributed by atoms with E-state index in [1.165, 1.54) is 0 Å². The van der Waals surface area contributed by atoms with E-state index in [0.29, 0.717) is 13.2 Å². The Balaban J connectivity index is 3.20. The molecule has 0 rings (SSSR count). The van der Waals surface area contributed by atoms with E-state index < -0.39 is 0 Å². The smallest absolute Gasteiger partial charge is 0.0773 e. The number of hydrogen-bond donors (Lipinski definition) is 2. The van der Waals surface area contributed by atoms with Crippen molar-refractivity contribution in [2.24, 2.45) is 0 Å². The molecule has 5 heteroatoms. The maximum Gasteiger partial charge on any atom is 0.0773 e. The molecule has 2 unspecified atom stereocenters. The maximum atomic E-state index is 9.76. The van der Waals surface area contributed by atoms with E-state index in [1.54, 1.807) is 0 Å². The molecule has 0 aromatic heterocycles. The van der Waals surface area contributed by atoms with Gasteiger partial charge in [0.05, 0.1) is 25.4 Å². The van der Waals surface area contributed by atoms with Gasteiger partial charge in [-0.05, 0) is 51.4 Å². The highest BCUT2D eigenvalue weighted by Crippen LogP contribution is 2.05. The van der Waals surface area contributed by atoms with Crippen molar-refractivity contribution < 1.29 is 24.4 Å². The van der Waals surface area contributed by atoms with Gasteiger partial charge in [-0.3, -0.25) is 0 Å². The average Bonchev–Trinajstić information content (AvgIpc) is 2.61. The normalized spacial score (nSPS) is 13.9. The first kappa shape index (κ1) is 24.8. The van der Waals surface area contributed by atoms with Gasteiger partial charge in [0.2, 0.25) is 0 Å². The summed E-state index contributed by atoms with van der Waals surface area (Å²) in [6.45, 7) is 8.14. The second-order valence-corrected chi connectivity index (χ2v) is 6.77. The average molecular weight is 363 g/mol. The van der Waals surface area contributed by atoms with Crippen LogP contribution in [0.15, 0.2) is 0 Å². The van der Waals surface area contributed by atoms with E-state index in [4.69, 9.17) is 14.2 Å². The van der Waals surface area contributed by atoms with Crippen molar-refractivity contribution in [2.75, 3.05) is 39.6 Å². The molecule has 0 aromatic rings. The topological polar surface area (TPSA) is 68.2 Å². The summed E-state index contributed by atoms with van der Waals surface area (Å²) < 4.78 is 16.4. The molecule has 0 heterocycles. The number of hydrogen-bond acceptors (Lipinski definition) is 5. The molecule has 0 amide bonds. The Morgan fingerprint density at radius 3 is 1.36 bits per heavy atom. The molecule has 0 fully saturated rings. The minimum atomic E-state index is -0.349. The highest BCUT2D eigenvalue weighted by Gasteiger charge is 2.05. The number of aliphatic hydroxyl groups is 2. The first-order valence-electron chi connectivity index (χ1n) is 10.3. The molecule has 5 nitrogen and oxygen atoms in total. The van der Waals surface area contributed by atoms with Crippen molar-refractivity contribution in [3.8, 4) is 0 Å². The Morgan fingerprint density at radius 1 is 0.560 bits per heavy atom. The van der Waals surface area contributed by atoms with E-state index in [9.17, 15) is 10.2 Å². The lowest BCUT2D eigenvalue weighted by Crippen LogP contribution is -2.16. The summed E-state index contributed by atoms with van der Waals surface area (Å²) in [6, 6.07) is 0. The molecule has 0 spiro atoms. The molecular weight excluding hydrogens is 320 g/mol. The molecule has 0 aliphatic rings. The Hall–Kier alpha value is -0.200. The number of rotatable bonds is 20. The molecule has 2 N–H and O–H groups in total. The molecule has 0 bridgehead atoms. The van der Waals surface area contributed by atoms with Gasteiger partial charge in [0.25, 0.3) is 0 Å². The second-order valence-electron chi connectivity index (χ2n) is 6.77. The van der Waals surface area contributed by atoms with Gasteiger partial charge in [-0.25, -0.2) is 0 Å². The molecule has 0 aliphatic carbocycles. The van der Waals surface area contributed by atoms with Gasteiger partial charge >= 0.3 is 0 Å². The zero-order valence-corrected chi connectivity index (χ0v) is 16.6. The molecule has 0 radical (unpaired) electrons. The van der Waals surface area contributed by atoms with E-state index in [-0.39, 0.29) is 12.2 Å². The lowest BCUT2D eigenvalue weighted by molar-refractivity contribution is 0.0270. The fraction of sp³-hybridized carbons (Fsp3) is 1.00. The predicted octanol–water partition coefficient (Wildman–Crippen LogP) is 3.70. The minimum Gasteiger partial charge on any atom is -0.391 e. The van der Waals surface area contributed by atoms with E-state index >= 15 is 0 Å². The van der Waals surface area contributed by atoms with Crippen molar-refractivity contribution in [3.05, 3.63) is 0 Å². The summed E-state index contributed by atoms with van der Waals surface area (Å²) in [6.07, 6.45) is 9.10. The first-order valence-corrected chi connectivity index (χ1v) is 10.3. The Labute approximate surface area is 155 Å². The van der Waals surface area contributed by atoms with Gasteiger partial charge in [0, 0.05) is 26.4 Å². The zero-order chi connectivity index (χ0) is 18.6. The van der Waals surface area contributed by atoms with Crippen LogP contribution in [0.3, 0.4) is 0 Å². The molecule has 152 valence electrons. The first-order chi connectivity index (χ1) is 12.2. The van der Waals surface area contributed by atoms with Crippen LogP contribution in [-0.2, 0) is 14.2 Å². The van der Waals surface area contributed by atoms with Crippen LogP contribution in [-0.4, -0.2) is 62.1 Å². The molecule has 25 heavy (non-hydrogen) atoms. The summed E-state index contributed by atoms with van der Waals surface area (Å²) in [4.78, 5) is 0. The van der Waals surface area contributed by atoms with Gasteiger partial charge in [-0.1, -0.05) is 26.7 Å². The van der Waals surface area contributed by atoms with Gasteiger partial charge in [0.1, 0.15) is 0 Å². The monoisotopic (exact) mass is 362 g/mol. The molecule has 0 aromatic carbocycles. The van der Waals surface area contributed by atoms with Gasteiger partial charge in [0.15, 0.2) is 0 Å². The van der Waals surface area contributed by atoms with Crippen LogP contribution >= 0.6 is 0 Å². The lowest BCUT2D eigenvalue weighted by atomic mass is 10.1. The van der Waals surface area contributed by atoms with E-state index in [2.05, 4.69) is 13.8 Å². The fourth-order valence-corrected chi connectivity index (χ4v) is 2.37. The van der Waals surface area contributed by atoms with E-state index in [1.807, 2.05) is 0 Å². The van der Waals surface area contributed by atoms with Gasteiger partial charge in [-0.15, -0.1) is 0 Å². The molecule has 0 aliphatic heterocycles. The third-order valence-electron chi connectivity index (χ3n) is 4.06. The van der Waals surface area contributed by atoms with Crippen LogP contribution in [0.25, 0.3) is 0 Å². The fourth-order valence-electron chi connectivity index (χ4n) is 2.37. The van der Waals surface area contributed by atoms with Crippen molar-refractivity contribution in [1.82, 2.24) is 0 Å². The third-order valence-corrected chi connectivity index (χ3v) is 4.06. The molecule has 0 saturated heterocycles. The van der Waals surface area contributed by atoms with Crippen molar-refractivity contribution in [3.63, 3.8) is 0 Å². The van der Waals surface area contributed by atoms with Crippen molar-refractivity contribution in [2.45, 2.75) is 90.3 Å². The zero-order valence-electron chi connectivity index (χ0n) is 16.6. The predicted molar refractivity (Wildman–Crippen MR) is 102 cm³/mol. The van der Waals surface area contributed by atoms with Crippen molar-refractivity contribution in [1.29, 1.82) is 0 Å². The third kappa shape index (κ3) is 20.0. The Kier molecular flexibility index (Phi) is 20.0. The number of ether oxygens (including phenoxy) is 3.